The monoisotopic (exact) mass is 376 g/mol. The van der Waals surface area contributed by atoms with E-state index in [1.807, 2.05) is 30.3 Å². The lowest BCUT2D eigenvalue weighted by atomic mass is 10.3. The molecule has 7 nitrogen and oxygen atoms in total. The second-order valence-electron chi connectivity index (χ2n) is 5.84. The summed E-state index contributed by atoms with van der Waals surface area (Å²) in [6, 6.07) is 9.53. The number of anilines is 1. The number of amides is 1. The Balaban J connectivity index is 1.33. The molecule has 0 aliphatic carbocycles. The Hall–Kier alpha value is -2.16. The van der Waals surface area contributed by atoms with Crippen LogP contribution >= 0.6 is 11.3 Å². The van der Waals surface area contributed by atoms with Crippen LogP contribution < -0.4 is 15.4 Å². The van der Waals surface area contributed by atoms with Gasteiger partial charge in [0.05, 0.1) is 19.8 Å². The maximum absolute atomic E-state index is 12.1. The fourth-order valence-electron chi connectivity index (χ4n) is 2.55. The largest absolute Gasteiger partial charge is 0.492 e. The molecule has 0 bridgehead atoms. The summed E-state index contributed by atoms with van der Waals surface area (Å²) in [7, 11) is 0. The summed E-state index contributed by atoms with van der Waals surface area (Å²) >= 11 is 1.44. The van der Waals surface area contributed by atoms with E-state index in [1.54, 1.807) is 5.38 Å². The van der Waals surface area contributed by atoms with Crippen LogP contribution in [0.4, 0.5) is 5.13 Å². The molecule has 0 radical (unpaired) electrons. The van der Waals surface area contributed by atoms with Crippen LogP contribution in [0.3, 0.4) is 0 Å². The predicted octanol–water partition coefficient (Wildman–Crippen LogP) is 1.70. The highest BCUT2D eigenvalue weighted by molar-refractivity contribution is 7.13. The molecule has 1 aromatic heterocycles. The summed E-state index contributed by atoms with van der Waals surface area (Å²) in [5.41, 5.74) is 0.434. The molecule has 1 amide bonds. The highest BCUT2D eigenvalue weighted by Gasteiger charge is 2.12. The lowest BCUT2D eigenvalue weighted by molar-refractivity contribution is 0.0398. The topological polar surface area (TPSA) is 75.7 Å². The van der Waals surface area contributed by atoms with Gasteiger partial charge in [-0.15, -0.1) is 11.3 Å². The van der Waals surface area contributed by atoms with Crippen LogP contribution in [-0.4, -0.2) is 68.3 Å². The molecule has 0 unspecified atom stereocenters. The minimum atomic E-state index is -0.181. The average molecular weight is 376 g/mol. The van der Waals surface area contributed by atoms with E-state index >= 15 is 0 Å². The maximum atomic E-state index is 12.1. The van der Waals surface area contributed by atoms with Crippen molar-refractivity contribution in [3.63, 3.8) is 0 Å². The third kappa shape index (κ3) is 5.98. The summed E-state index contributed by atoms with van der Waals surface area (Å²) in [5.74, 6) is 0.612. The fourth-order valence-corrected chi connectivity index (χ4v) is 3.27. The molecule has 2 heterocycles. The number of morpholine rings is 1. The average Bonchev–Trinajstić information content (AvgIpc) is 3.16. The number of ether oxygens (including phenoxy) is 2. The first kappa shape index (κ1) is 18.6. The van der Waals surface area contributed by atoms with Gasteiger partial charge in [-0.2, -0.15) is 0 Å². The summed E-state index contributed by atoms with van der Waals surface area (Å²) in [6.07, 6.45) is 0. The summed E-state index contributed by atoms with van der Waals surface area (Å²) in [4.78, 5) is 18.8. The molecule has 2 N–H and O–H groups in total. The SMILES string of the molecule is O=C(NCCOc1ccccc1)c1csc(NCCN2CCOCC2)n1. The number of hydrogen-bond donors (Lipinski definition) is 2. The molecule has 1 aliphatic heterocycles. The van der Waals surface area contributed by atoms with Gasteiger partial charge in [0.1, 0.15) is 18.1 Å². The van der Waals surface area contributed by atoms with Gasteiger partial charge < -0.3 is 20.1 Å². The van der Waals surface area contributed by atoms with Crippen molar-refractivity contribution in [1.82, 2.24) is 15.2 Å². The van der Waals surface area contributed by atoms with Gasteiger partial charge >= 0.3 is 0 Å². The highest BCUT2D eigenvalue weighted by atomic mass is 32.1. The minimum absolute atomic E-state index is 0.181. The van der Waals surface area contributed by atoms with Gasteiger partial charge in [-0.05, 0) is 12.1 Å². The minimum Gasteiger partial charge on any atom is -0.492 e. The molecule has 0 spiro atoms. The first-order valence-electron chi connectivity index (χ1n) is 8.77. The van der Waals surface area contributed by atoms with Crippen molar-refractivity contribution in [3.05, 3.63) is 41.4 Å². The molecular formula is C18H24N4O3S. The van der Waals surface area contributed by atoms with Crippen molar-refractivity contribution < 1.29 is 14.3 Å². The Morgan fingerprint density at radius 2 is 2.04 bits per heavy atom. The number of rotatable bonds is 9. The normalized spacial score (nSPS) is 14.8. The Kier molecular flexibility index (Phi) is 7.24. The molecule has 1 aliphatic rings. The first-order valence-corrected chi connectivity index (χ1v) is 9.65. The second-order valence-corrected chi connectivity index (χ2v) is 6.69. The molecule has 140 valence electrons. The van der Waals surface area contributed by atoms with E-state index < -0.39 is 0 Å². The van der Waals surface area contributed by atoms with Crippen LogP contribution in [0, 0.1) is 0 Å². The van der Waals surface area contributed by atoms with E-state index in [2.05, 4.69) is 20.5 Å². The Morgan fingerprint density at radius 3 is 2.85 bits per heavy atom. The third-order valence-corrected chi connectivity index (χ3v) is 4.74. The highest BCUT2D eigenvalue weighted by Crippen LogP contribution is 2.15. The van der Waals surface area contributed by atoms with Crippen LogP contribution in [-0.2, 0) is 4.74 Å². The first-order chi connectivity index (χ1) is 12.8. The van der Waals surface area contributed by atoms with Crippen molar-refractivity contribution in [2.45, 2.75) is 0 Å². The number of carbonyl (C=O) groups excluding carboxylic acids is 1. The Morgan fingerprint density at radius 1 is 1.23 bits per heavy atom. The zero-order valence-corrected chi connectivity index (χ0v) is 15.5. The standard InChI is InChI=1S/C18H24N4O3S/c23-17(19-7-11-25-15-4-2-1-3-5-15)16-14-26-18(21-16)20-6-8-22-9-12-24-13-10-22/h1-5,14H,6-13H2,(H,19,23)(H,20,21). The van der Waals surface area contributed by atoms with Crippen molar-refractivity contribution >= 4 is 22.4 Å². The Labute approximate surface area is 157 Å². The molecule has 0 saturated carbocycles. The van der Waals surface area contributed by atoms with E-state index in [0.29, 0.717) is 18.8 Å². The van der Waals surface area contributed by atoms with E-state index in [9.17, 15) is 4.79 Å². The number of benzene rings is 1. The predicted molar refractivity (Wildman–Crippen MR) is 102 cm³/mol. The van der Waals surface area contributed by atoms with Crippen molar-refractivity contribution in [1.29, 1.82) is 0 Å². The zero-order valence-electron chi connectivity index (χ0n) is 14.6. The molecule has 3 rings (SSSR count). The van der Waals surface area contributed by atoms with Crippen LogP contribution in [0.5, 0.6) is 5.75 Å². The second kappa shape index (κ2) is 10.1. The van der Waals surface area contributed by atoms with Crippen LogP contribution in [0.2, 0.25) is 0 Å². The molecular weight excluding hydrogens is 352 g/mol. The smallest absolute Gasteiger partial charge is 0.270 e. The molecule has 2 aromatic rings. The summed E-state index contributed by atoms with van der Waals surface area (Å²) in [5, 5.41) is 8.63. The number of para-hydroxylation sites is 1. The zero-order chi connectivity index (χ0) is 18.0. The van der Waals surface area contributed by atoms with E-state index in [-0.39, 0.29) is 5.91 Å². The van der Waals surface area contributed by atoms with Crippen molar-refractivity contribution in [3.8, 4) is 5.75 Å². The molecule has 8 heteroatoms. The van der Waals surface area contributed by atoms with Gasteiger partial charge in [0, 0.05) is 31.6 Å². The van der Waals surface area contributed by atoms with Crippen LogP contribution in [0.1, 0.15) is 10.5 Å². The van der Waals surface area contributed by atoms with E-state index in [1.165, 1.54) is 11.3 Å². The number of aromatic nitrogens is 1. The maximum Gasteiger partial charge on any atom is 0.270 e. The molecule has 0 atom stereocenters. The van der Waals surface area contributed by atoms with Gasteiger partial charge in [0.15, 0.2) is 5.13 Å². The van der Waals surface area contributed by atoms with E-state index in [4.69, 9.17) is 9.47 Å². The lowest BCUT2D eigenvalue weighted by Gasteiger charge is -2.26. The Bertz CT molecular complexity index is 674. The third-order valence-electron chi connectivity index (χ3n) is 3.94. The number of carbonyl (C=O) groups is 1. The van der Waals surface area contributed by atoms with Gasteiger partial charge in [0.25, 0.3) is 5.91 Å². The molecule has 1 saturated heterocycles. The quantitative estimate of drug-likeness (QED) is 0.649. The summed E-state index contributed by atoms with van der Waals surface area (Å²) in [6.45, 7) is 6.15. The van der Waals surface area contributed by atoms with Gasteiger partial charge in [-0.1, -0.05) is 18.2 Å². The number of thiazole rings is 1. The molecule has 26 heavy (non-hydrogen) atoms. The van der Waals surface area contributed by atoms with Crippen molar-refractivity contribution in [2.24, 2.45) is 0 Å². The summed E-state index contributed by atoms with van der Waals surface area (Å²) < 4.78 is 10.9. The number of hydrogen-bond acceptors (Lipinski definition) is 7. The fraction of sp³-hybridized carbons (Fsp3) is 0.444. The van der Waals surface area contributed by atoms with Crippen LogP contribution in [0.25, 0.3) is 0 Å². The lowest BCUT2D eigenvalue weighted by Crippen LogP contribution is -2.39. The number of nitrogens with zero attached hydrogens (tertiary/aromatic N) is 2. The van der Waals surface area contributed by atoms with Gasteiger partial charge in [0.2, 0.25) is 0 Å². The van der Waals surface area contributed by atoms with Gasteiger partial charge in [-0.25, -0.2) is 4.98 Å². The molecule has 1 aromatic carbocycles. The molecule has 1 fully saturated rings. The van der Waals surface area contributed by atoms with E-state index in [0.717, 1.165) is 50.3 Å². The van der Waals surface area contributed by atoms with Crippen LogP contribution in [0.15, 0.2) is 35.7 Å². The number of nitrogens with one attached hydrogen (secondary N) is 2. The van der Waals surface area contributed by atoms with Crippen molar-refractivity contribution in [2.75, 3.05) is 57.9 Å². The van der Waals surface area contributed by atoms with Gasteiger partial charge in [-0.3, -0.25) is 9.69 Å².